The van der Waals surface area contributed by atoms with Crippen LogP contribution in [0.2, 0.25) is 0 Å². The van der Waals surface area contributed by atoms with Crippen LogP contribution >= 0.6 is 0 Å². The molecule has 1 amide bonds. The number of H-pyrrole nitrogens is 1. The molecule has 1 fully saturated rings. The van der Waals surface area contributed by atoms with Gasteiger partial charge in [-0.15, -0.1) is 0 Å². The second kappa shape index (κ2) is 9.50. The minimum absolute atomic E-state index is 0.00504. The third-order valence-corrected chi connectivity index (χ3v) is 6.97. The Balaban J connectivity index is 1.39. The Hall–Kier alpha value is -3.71. The van der Waals surface area contributed by atoms with Crippen molar-refractivity contribution in [2.24, 2.45) is 0 Å². The Morgan fingerprint density at radius 2 is 1.69 bits per heavy atom. The average molecular weight is 469 g/mol. The maximum atomic E-state index is 12.2. The van der Waals surface area contributed by atoms with E-state index in [0.29, 0.717) is 5.56 Å². The lowest BCUT2D eigenvalue weighted by molar-refractivity contribution is 0.0827. The number of hydrogen-bond donors (Lipinski definition) is 1. The molecule has 3 heterocycles. The molecule has 180 valence electrons. The molecule has 5 rings (SSSR count). The number of fused-ring (bicyclic) bond motifs is 1. The molecule has 0 saturated carbocycles. The number of benzene rings is 2. The van der Waals surface area contributed by atoms with Gasteiger partial charge in [0.25, 0.3) is 5.91 Å². The van der Waals surface area contributed by atoms with Gasteiger partial charge in [0.2, 0.25) is 0 Å². The van der Waals surface area contributed by atoms with E-state index in [1.54, 1.807) is 19.0 Å². The highest BCUT2D eigenvalue weighted by Crippen LogP contribution is 2.31. The van der Waals surface area contributed by atoms with E-state index in [9.17, 15) is 4.79 Å². The highest BCUT2D eigenvalue weighted by molar-refractivity contribution is 5.93. The van der Waals surface area contributed by atoms with Crippen molar-refractivity contribution in [3.05, 3.63) is 77.6 Å². The number of amides is 1. The van der Waals surface area contributed by atoms with Gasteiger partial charge >= 0.3 is 0 Å². The topological polar surface area (TPSA) is 68.4 Å². The number of piperazine rings is 1. The van der Waals surface area contributed by atoms with Crippen LogP contribution < -0.4 is 4.90 Å². The zero-order valence-corrected chi connectivity index (χ0v) is 20.8. The fourth-order valence-corrected chi connectivity index (χ4v) is 4.64. The van der Waals surface area contributed by atoms with Crippen LogP contribution in [-0.4, -0.2) is 78.0 Å². The number of likely N-dealkylation sites (N-methyl/N-ethyl adjacent to an activating group) is 1. The average Bonchev–Trinajstić information content (AvgIpc) is 3.32. The van der Waals surface area contributed by atoms with Crippen molar-refractivity contribution >= 4 is 22.8 Å². The van der Waals surface area contributed by atoms with Crippen LogP contribution in [-0.2, 0) is 0 Å². The summed E-state index contributed by atoms with van der Waals surface area (Å²) in [4.78, 5) is 31.5. The number of hydrogen-bond acceptors (Lipinski definition) is 5. The Bertz CT molecular complexity index is 1320. The monoisotopic (exact) mass is 468 g/mol. The summed E-state index contributed by atoms with van der Waals surface area (Å²) in [6, 6.07) is 16.5. The molecule has 1 aliphatic rings. The zero-order valence-electron chi connectivity index (χ0n) is 20.8. The Morgan fingerprint density at radius 1 is 1.00 bits per heavy atom. The number of anilines is 1. The second-order valence-electron chi connectivity index (χ2n) is 9.58. The van der Waals surface area contributed by atoms with Gasteiger partial charge in [-0.05, 0) is 36.9 Å². The van der Waals surface area contributed by atoms with Gasteiger partial charge in [0.05, 0.1) is 11.9 Å². The van der Waals surface area contributed by atoms with Crippen molar-refractivity contribution < 1.29 is 4.79 Å². The number of carbonyl (C=O) groups excluding carboxylic acids is 1. The standard InChI is InChI=1S/C28H32N6O/c1-19(20-5-7-22(8-6-20)28(35)32(2)3)24-17-29-27-26(24)31-25(18-30-27)21-9-11-23(12-10-21)34-15-13-33(4)14-16-34/h5-12,17-19H,13-16H2,1-4H3,(H,29,30). The number of aromatic nitrogens is 3. The van der Waals surface area contributed by atoms with Gasteiger partial charge < -0.3 is 19.7 Å². The van der Waals surface area contributed by atoms with Crippen molar-refractivity contribution in [2.75, 3.05) is 52.2 Å². The first-order valence-electron chi connectivity index (χ1n) is 12.1. The maximum absolute atomic E-state index is 12.2. The number of aromatic amines is 1. The molecule has 35 heavy (non-hydrogen) atoms. The largest absolute Gasteiger partial charge is 0.369 e. The molecule has 1 N–H and O–H groups in total. The highest BCUT2D eigenvalue weighted by Gasteiger charge is 2.18. The molecule has 2 aromatic carbocycles. The minimum atomic E-state index is 0.00504. The zero-order chi connectivity index (χ0) is 24.5. The van der Waals surface area contributed by atoms with Crippen molar-refractivity contribution in [3.63, 3.8) is 0 Å². The third-order valence-electron chi connectivity index (χ3n) is 6.97. The number of carbonyl (C=O) groups is 1. The van der Waals surface area contributed by atoms with Crippen LogP contribution in [0.25, 0.3) is 22.4 Å². The summed E-state index contributed by atoms with van der Waals surface area (Å²) in [5, 5.41) is 0. The van der Waals surface area contributed by atoms with Crippen LogP contribution in [0.3, 0.4) is 0 Å². The van der Waals surface area contributed by atoms with Gasteiger partial charge in [-0.3, -0.25) is 4.79 Å². The molecule has 7 nitrogen and oxygen atoms in total. The summed E-state index contributed by atoms with van der Waals surface area (Å²) in [7, 11) is 5.70. The molecule has 0 spiro atoms. The van der Waals surface area contributed by atoms with E-state index in [1.807, 2.05) is 36.7 Å². The van der Waals surface area contributed by atoms with Crippen LogP contribution in [0, 0.1) is 0 Å². The summed E-state index contributed by atoms with van der Waals surface area (Å²) in [5.74, 6) is 0.113. The van der Waals surface area contributed by atoms with Crippen molar-refractivity contribution in [2.45, 2.75) is 12.8 Å². The second-order valence-corrected chi connectivity index (χ2v) is 9.58. The van der Waals surface area contributed by atoms with Gasteiger partial charge in [0, 0.05) is 74.8 Å². The van der Waals surface area contributed by atoms with E-state index in [1.165, 1.54) is 5.69 Å². The Kier molecular flexibility index (Phi) is 6.26. The normalized spacial score (nSPS) is 15.4. The van der Waals surface area contributed by atoms with Gasteiger partial charge in [0.1, 0.15) is 5.52 Å². The van der Waals surface area contributed by atoms with E-state index < -0.39 is 0 Å². The van der Waals surface area contributed by atoms with E-state index >= 15 is 0 Å². The summed E-state index contributed by atoms with van der Waals surface area (Å²) >= 11 is 0. The van der Waals surface area contributed by atoms with Gasteiger partial charge in [0.15, 0.2) is 5.65 Å². The molecule has 1 aliphatic heterocycles. The minimum Gasteiger partial charge on any atom is -0.369 e. The Morgan fingerprint density at radius 3 is 2.34 bits per heavy atom. The summed E-state index contributed by atoms with van der Waals surface area (Å²) in [5.41, 5.74) is 7.75. The predicted molar refractivity (Wildman–Crippen MR) is 141 cm³/mol. The molecule has 0 aliphatic carbocycles. The molecule has 2 aromatic heterocycles. The first kappa shape index (κ1) is 23.1. The molecule has 0 bridgehead atoms. The fourth-order valence-electron chi connectivity index (χ4n) is 4.64. The lowest BCUT2D eigenvalue weighted by Gasteiger charge is -2.34. The summed E-state index contributed by atoms with van der Waals surface area (Å²) < 4.78 is 0. The maximum Gasteiger partial charge on any atom is 0.253 e. The fraction of sp³-hybridized carbons (Fsp3) is 0.321. The summed E-state index contributed by atoms with van der Waals surface area (Å²) in [6.07, 6.45) is 3.83. The molecule has 4 aromatic rings. The first-order chi connectivity index (χ1) is 16.9. The predicted octanol–water partition coefficient (Wildman–Crippen LogP) is 4.23. The van der Waals surface area contributed by atoms with Crippen LogP contribution in [0.4, 0.5) is 5.69 Å². The molecular formula is C28H32N6O. The molecule has 7 heteroatoms. The molecule has 1 unspecified atom stereocenters. The van der Waals surface area contributed by atoms with Crippen LogP contribution in [0.5, 0.6) is 0 Å². The van der Waals surface area contributed by atoms with Crippen molar-refractivity contribution in [1.29, 1.82) is 0 Å². The smallest absolute Gasteiger partial charge is 0.253 e. The van der Waals surface area contributed by atoms with Gasteiger partial charge in [-0.2, -0.15) is 0 Å². The summed E-state index contributed by atoms with van der Waals surface area (Å²) in [6.45, 7) is 6.44. The van der Waals surface area contributed by atoms with E-state index in [0.717, 1.165) is 59.7 Å². The van der Waals surface area contributed by atoms with Gasteiger partial charge in [-0.25, -0.2) is 9.97 Å². The Labute approximate surface area is 206 Å². The first-order valence-corrected chi connectivity index (χ1v) is 12.1. The quantitative estimate of drug-likeness (QED) is 0.475. The van der Waals surface area contributed by atoms with Crippen molar-refractivity contribution in [3.8, 4) is 11.3 Å². The highest BCUT2D eigenvalue weighted by atomic mass is 16.2. The van der Waals surface area contributed by atoms with Gasteiger partial charge in [-0.1, -0.05) is 31.2 Å². The molecule has 1 saturated heterocycles. The lowest BCUT2D eigenvalue weighted by atomic mass is 9.93. The molecule has 0 radical (unpaired) electrons. The van der Waals surface area contributed by atoms with E-state index in [-0.39, 0.29) is 11.8 Å². The van der Waals surface area contributed by atoms with Crippen LogP contribution in [0.1, 0.15) is 34.3 Å². The SMILES string of the molecule is CC(c1ccc(C(=O)N(C)C)cc1)c1c[nH]c2ncc(-c3ccc(N4CCN(C)CC4)cc3)nc12. The molecular weight excluding hydrogens is 436 g/mol. The van der Waals surface area contributed by atoms with Crippen molar-refractivity contribution in [1.82, 2.24) is 24.8 Å². The van der Waals surface area contributed by atoms with Crippen LogP contribution in [0.15, 0.2) is 60.9 Å². The lowest BCUT2D eigenvalue weighted by Crippen LogP contribution is -2.44. The number of nitrogens with one attached hydrogen (secondary N) is 1. The number of rotatable bonds is 5. The van der Waals surface area contributed by atoms with E-state index in [2.05, 4.69) is 58.0 Å². The third kappa shape index (κ3) is 4.64. The van der Waals surface area contributed by atoms with E-state index in [4.69, 9.17) is 4.98 Å². The number of nitrogens with zero attached hydrogens (tertiary/aromatic N) is 5. The molecule has 1 atom stereocenters.